The molecular weight excluding hydrogens is 792 g/mol. The summed E-state index contributed by atoms with van der Waals surface area (Å²) in [5, 5.41) is 0. The molecule has 0 amide bonds. The summed E-state index contributed by atoms with van der Waals surface area (Å²) in [5.74, 6) is 0. The summed E-state index contributed by atoms with van der Waals surface area (Å²) >= 11 is 0. The Morgan fingerprint density at radius 1 is 0.378 bits per heavy atom. The molecule has 0 radical (unpaired) electrons. The van der Waals surface area contributed by atoms with Gasteiger partial charge in [-0.05, 0) is 6.42 Å². The van der Waals surface area contributed by atoms with Crippen molar-refractivity contribution < 1.29 is 115 Å². The monoisotopic (exact) mass is 826 g/mol. The molecule has 0 heterocycles. The largest absolute Gasteiger partial charge is 0.355 e. The van der Waals surface area contributed by atoms with Gasteiger partial charge in [0.05, 0.1) is 6.17 Å². The van der Waals surface area contributed by atoms with Gasteiger partial charge in [-0.2, -0.15) is 0 Å². The lowest BCUT2D eigenvalue weighted by Gasteiger charge is -2.50. The minimum absolute atomic E-state index is 0.0916. The van der Waals surface area contributed by atoms with Crippen LogP contribution in [0.4, 0.5) is 0 Å². The van der Waals surface area contributed by atoms with Crippen molar-refractivity contribution in [2.45, 2.75) is 67.3 Å². The zero-order chi connectivity index (χ0) is 36.6. The predicted molar refractivity (Wildman–Crippen MR) is 148 cm³/mol. The molecule has 0 fully saturated rings. The maximum atomic E-state index is 12.4. The summed E-state index contributed by atoms with van der Waals surface area (Å²) in [6, 6.07) is 0. The Hall–Kier alpha value is 1.12. The van der Waals surface area contributed by atoms with Crippen LogP contribution < -0.4 is 0 Å². The van der Waals surface area contributed by atoms with Crippen LogP contribution in [0.5, 0.6) is 0 Å². The Bertz CT molecular complexity index is 1120. The fourth-order valence-electron chi connectivity index (χ4n) is 4.23. The molecule has 0 saturated carbocycles. The van der Waals surface area contributed by atoms with Crippen LogP contribution in [0, 0.1) is 0 Å². The summed E-state index contributed by atoms with van der Waals surface area (Å²) in [4.78, 5) is 155. The molecule has 0 unspecified atom stereocenters. The Morgan fingerprint density at radius 2 is 0.578 bits per heavy atom. The standard InChI is InChI=1S/C11H34N2O24P8/c1-2-3-4-5-6-7(12(8(38(14,15)16)39(17,18)19)9(40(20,21)22)41(23,24)25)13(10(42(26,27)28)43(29,30)31)11(44(32,33)34)45(35,36)37/h7-11H,2-6H2,1H3,(H2,14,15,16)(H2,17,18,19)(H2,20,21,22)(H2,23,24,25)(H2,26,27,28)(H2,29,30,31)(H2,32,33,34)(H2,35,36,37). The van der Waals surface area contributed by atoms with Crippen LogP contribution in [0.2, 0.25) is 0 Å². The smallest absolute Gasteiger partial charge is 0.323 e. The van der Waals surface area contributed by atoms with Crippen molar-refractivity contribution in [3.8, 4) is 0 Å². The van der Waals surface area contributed by atoms with Gasteiger partial charge in [-0.3, -0.25) is 36.5 Å². The predicted octanol–water partition coefficient (Wildman–Crippen LogP) is -1.56. The average Bonchev–Trinajstić information content (AvgIpc) is 2.64. The Kier molecular flexibility index (Phi) is 16.0. The van der Waals surface area contributed by atoms with Crippen LogP contribution in [-0.4, -0.2) is 116 Å². The fraction of sp³-hybridized carbons (Fsp3) is 1.00. The molecule has 26 nitrogen and oxygen atoms in total. The molecule has 45 heavy (non-hydrogen) atoms. The molecule has 0 spiro atoms. The summed E-state index contributed by atoms with van der Waals surface area (Å²) < 4.78 is 99.4. The van der Waals surface area contributed by atoms with Crippen molar-refractivity contribution in [1.29, 1.82) is 0 Å². The first kappa shape index (κ1) is 46.1. The molecule has 0 bridgehead atoms. The number of hydrogen-bond donors (Lipinski definition) is 16. The molecule has 34 heteroatoms. The molecule has 16 N–H and O–H groups in total. The Balaban J connectivity index is 9.01. The Labute approximate surface area is 252 Å². The van der Waals surface area contributed by atoms with Crippen molar-refractivity contribution in [1.82, 2.24) is 9.80 Å². The van der Waals surface area contributed by atoms with Crippen LogP contribution >= 0.6 is 60.8 Å². The van der Waals surface area contributed by atoms with Crippen LogP contribution in [0.25, 0.3) is 0 Å². The van der Waals surface area contributed by atoms with Crippen molar-refractivity contribution >= 4 is 60.8 Å². The van der Waals surface area contributed by atoms with E-state index in [0.717, 1.165) is 0 Å². The molecule has 0 rings (SSSR count). The topological polar surface area (TPSA) is 467 Å². The quantitative estimate of drug-likeness (QED) is 0.0398. The third-order valence-electron chi connectivity index (χ3n) is 5.48. The molecule has 0 saturated heterocycles. The van der Waals surface area contributed by atoms with E-state index in [1.807, 2.05) is 0 Å². The first-order chi connectivity index (χ1) is 19.4. The second-order valence-corrected chi connectivity index (χ2v) is 24.3. The second-order valence-electron chi connectivity index (χ2n) is 9.32. The van der Waals surface area contributed by atoms with Gasteiger partial charge in [0.25, 0.3) is 0 Å². The highest BCUT2D eigenvalue weighted by Crippen LogP contribution is 2.73. The molecule has 0 aromatic carbocycles. The summed E-state index contributed by atoms with van der Waals surface area (Å²) in [7, 11) is -54.7. The minimum atomic E-state index is -6.83. The zero-order valence-corrected chi connectivity index (χ0v) is 29.5. The van der Waals surface area contributed by atoms with E-state index in [9.17, 15) is 115 Å². The molecule has 0 aliphatic carbocycles. The van der Waals surface area contributed by atoms with Crippen LogP contribution in [0.1, 0.15) is 39.0 Å². The van der Waals surface area contributed by atoms with Gasteiger partial charge in [0.15, 0.2) is 0 Å². The normalized spacial score (nSPS) is 15.6. The van der Waals surface area contributed by atoms with Gasteiger partial charge >= 0.3 is 60.8 Å². The van der Waals surface area contributed by atoms with Gasteiger partial charge in [0.1, 0.15) is 0 Å². The number of nitrogens with zero attached hydrogens (tertiary/aromatic N) is 2. The van der Waals surface area contributed by atoms with Gasteiger partial charge in [-0.1, -0.05) is 32.6 Å². The first-order valence-electron chi connectivity index (χ1n) is 11.4. The SMILES string of the molecule is CCCCCCC(N(C(P(=O)(O)O)P(=O)(O)O)C(P(=O)(O)O)P(=O)(O)O)N(C(P(=O)(O)O)P(=O)(O)O)C(P(=O)(O)O)P(=O)(O)O. The maximum absolute atomic E-state index is 12.4. The van der Waals surface area contributed by atoms with Crippen molar-refractivity contribution in [2.24, 2.45) is 0 Å². The lowest BCUT2D eigenvalue weighted by molar-refractivity contribution is 0.0180. The minimum Gasteiger partial charge on any atom is -0.323 e. The van der Waals surface area contributed by atoms with Crippen molar-refractivity contribution in [2.75, 3.05) is 0 Å². The highest BCUT2D eigenvalue weighted by Gasteiger charge is 2.66. The van der Waals surface area contributed by atoms with Gasteiger partial charge in [0.2, 0.25) is 22.1 Å². The number of rotatable bonds is 19. The first-order valence-corrected chi connectivity index (χ1v) is 24.8. The van der Waals surface area contributed by atoms with Crippen LogP contribution in [-0.2, 0) is 36.5 Å². The number of hydrogen-bond acceptors (Lipinski definition) is 10. The molecule has 272 valence electrons. The highest BCUT2D eigenvalue weighted by molar-refractivity contribution is 7.73. The van der Waals surface area contributed by atoms with E-state index >= 15 is 0 Å². The lowest BCUT2D eigenvalue weighted by Crippen LogP contribution is -2.61. The Morgan fingerprint density at radius 3 is 0.733 bits per heavy atom. The molecule has 0 aromatic heterocycles. The van der Waals surface area contributed by atoms with E-state index in [4.69, 9.17) is 0 Å². The van der Waals surface area contributed by atoms with E-state index < -0.39 is 112 Å². The van der Waals surface area contributed by atoms with E-state index in [0.29, 0.717) is 0 Å². The molecule has 0 aliphatic rings. The highest BCUT2D eigenvalue weighted by atomic mass is 31.3. The fourth-order valence-corrected chi connectivity index (χ4v) is 16.4. The molecule has 0 atom stereocenters. The number of unbranched alkanes of at least 4 members (excludes halogenated alkanes) is 3. The second kappa shape index (κ2) is 15.6. The van der Waals surface area contributed by atoms with Gasteiger partial charge in [-0.15, -0.1) is 0 Å². The summed E-state index contributed by atoms with van der Waals surface area (Å²) in [6.07, 6.45) is -5.80. The van der Waals surface area contributed by atoms with Crippen LogP contribution in [0.15, 0.2) is 0 Å². The summed E-state index contributed by atoms with van der Waals surface area (Å²) in [6.45, 7) is 1.53. The third-order valence-corrected chi connectivity index (χ3v) is 19.6. The van der Waals surface area contributed by atoms with Gasteiger partial charge < -0.3 is 78.3 Å². The third kappa shape index (κ3) is 13.4. The van der Waals surface area contributed by atoms with Crippen LogP contribution in [0.3, 0.4) is 0 Å². The van der Waals surface area contributed by atoms with E-state index in [1.165, 1.54) is 6.92 Å². The van der Waals surface area contributed by atoms with Crippen molar-refractivity contribution in [3.05, 3.63) is 0 Å². The molecule has 0 aromatic rings. The lowest BCUT2D eigenvalue weighted by atomic mass is 10.1. The van der Waals surface area contributed by atoms with Crippen molar-refractivity contribution in [3.63, 3.8) is 0 Å². The van der Waals surface area contributed by atoms with E-state index in [-0.39, 0.29) is 19.3 Å². The maximum Gasteiger partial charge on any atom is 0.355 e. The zero-order valence-electron chi connectivity index (χ0n) is 22.3. The molecular formula is C11H34N2O24P8. The average molecular weight is 826 g/mol. The van der Waals surface area contributed by atoms with E-state index in [2.05, 4.69) is 0 Å². The van der Waals surface area contributed by atoms with Gasteiger partial charge in [0, 0.05) is 0 Å². The van der Waals surface area contributed by atoms with Gasteiger partial charge in [-0.25, -0.2) is 9.80 Å². The summed E-state index contributed by atoms with van der Waals surface area (Å²) in [5.41, 5.74) is -17.1. The molecule has 0 aliphatic heterocycles. The van der Waals surface area contributed by atoms with E-state index in [1.54, 1.807) is 0 Å².